The molecule has 1 aromatic heterocycles. The fraction of sp³-hybridized carbons (Fsp3) is 0.444. The molecule has 1 aromatic rings. The van der Waals surface area contributed by atoms with Crippen molar-refractivity contribution in [2.45, 2.75) is 17.9 Å². The van der Waals surface area contributed by atoms with Crippen molar-refractivity contribution in [2.75, 3.05) is 6.54 Å². The SMILES string of the molecule is CC(CN)SCc1cccnc1Cl. The Morgan fingerprint density at radius 3 is 3.08 bits per heavy atom. The zero-order valence-electron chi connectivity index (χ0n) is 7.53. The molecule has 0 aliphatic carbocycles. The van der Waals surface area contributed by atoms with Crippen LogP contribution in [0.2, 0.25) is 5.15 Å². The first-order valence-corrected chi connectivity index (χ1v) is 5.57. The van der Waals surface area contributed by atoms with Gasteiger partial charge in [-0.1, -0.05) is 24.6 Å². The van der Waals surface area contributed by atoms with E-state index in [1.54, 1.807) is 18.0 Å². The highest BCUT2D eigenvalue weighted by Crippen LogP contribution is 2.21. The molecule has 0 aromatic carbocycles. The predicted octanol–water partition coefficient (Wildman–Crippen LogP) is 2.32. The summed E-state index contributed by atoms with van der Waals surface area (Å²) in [6.07, 6.45) is 1.70. The Hall–Kier alpha value is -0.250. The maximum absolute atomic E-state index is 5.90. The largest absolute Gasteiger partial charge is 0.329 e. The minimum absolute atomic E-state index is 0.469. The van der Waals surface area contributed by atoms with Crippen LogP contribution in [0.4, 0.5) is 0 Å². The molecule has 2 nitrogen and oxygen atoms in total. The highest BCUT2D eigenvalue weighted by Gasteiger charge is 2.03. The van der Waals surface area contributed by atoms with Gasteiger partial charge in [0, 0.05) is 23.7 Å². The minimum Gasteiger partial charge on any atom is -0.329 e. The molecule has 0 saturated heterocycles. The van der Waals surface area contributed by atoms with Crippen molar-refractivity contribution < 1.29 is 0 Å². The van der Waals surface area contributed by atoms with Gasteiger partial charge < -0.3 is 5.73 Å². The lowest BCUT2D eigenvalue weighted by molar-refractivity contribution is 0.950. The first-order valence-electron chi connectivity index (χ1n) is 4.15. The Morgan fingerprint density at radius 1 is 1.69 bits per heavy atom. The van der Waals surface area contributed by atoms with Crippen molar-refractivity contribution in [3.05, 3.63) is 29.0 Å². The number of nitrogens with two attached hydrogens (primary N) is 1. The average Bonchev–Trinajstić information content (AvgIpc) is 2.16. The zero-order chi connectivity index (χ0) is 9.68. The summed E-state index contributed by atoms with van der Waals surface area (Å²) in [5.41, 5.74) is 6.58. The molecule has 0 radical (unpaired) electrons. The quantitative estimate of drug-likeness (QED) is 0.786. The van der Waals surface area contributed by atoms with Gasteiger partial charge in [-0.2, -0.15) is 11.8 Å². The molecule has 0 fully saturated rings. The van der Waals surface area contributed by atoms with Gasteiger partial charge >= 0.3 is 0 Å². The molecule has 1 heterocycles. The third kappa shape index (κ3) is 3.55. The van der Waals surface area contributed by atoms with E-state index >= 15 is 0 Å². The van der Waals surface area contributed by atoms with Gasteiger partial charge in [0.1, 0.15) is 5.15 Å². The highest BCUT2D eigenvalue weighted by molar-refractivity contribution is 7.99. The molecule has 0 aliphatic rings. The fourth-order valence-electron chi connectivity index (χ4n) is 0.827. The first kappa shape index (κ1) is 10.8. The topological polar surface area (TPSA) is 38.9 Å². The van der Waals surface area contributed by atoms with Crippen LogP contribution in [0.1, 0.15) is 12.5 Å². The second-order valence-electron chi connectivity index (χ2n) is 2.81. The lowest BCUT2D eigenvalue weighted by atomic mass is 10.3. The third-order valence-electron chi connectivity index (χ3n) is 1.69. The summed E-state index contributed by atoms with van der Waals surface area (Å²) in [4.78, 5) is 4.00. The molecular formula is C9H13ClN2S. The summed E-state index contributed by atoms with van der Waals surface area (Å²) < 4.78 is 0. The van der Waals surface area contributed by atoms with Crippen molar-refractivity contribution >= 4 is 23.4 Å². The summed E-state index contributed by atoms with van der Waals surface area (Å²) in [6, 6.07) is 3.89. The monoisotopic (exact) mass is 216 g/mol. The summed E-state index contributed by atoms with van der Waals surface area (Å²) in [6.45, 7) is 2.80. The van der Waals surface area contributed by atoms with Gasteiger partial charge in [0.2, 0.25) is 0 Å². The number of aromatic nitrogens is 1. The Bertz CT molecular complexity index is 268. The average molecular weight is 217 g/mol. The number of rotatable bonds is 4. The number of nitrogens with zero attached hydrogens (tertiary/aromatic N) is 1. The summed E-state index contributed by atoms with van der Waals surface area (Å²) in [5.74, 6) is 0.880. The smallest absolute Gasteiger partial charge is 0.133 e. The van der Waals surface area contributed by atoms with E-state index in [0.717, 1.165) is 11.3 Å². The molecule has 72 valence electrons. The Labute approximate surface area is 87.9 Å². The highest BCUT2D eigenvalue weighted by atomic mass is 35.5. The van der Waals surface area contributed by atoms with Gasteiger partial charge in [0.05, 0.1) is 0 Å². The van der Waals surface area contributed by atoms with Crippen molar-refractivity contribution in [3.8, 4) is 0 Å². The number of halogens is 1. The van der Waals surface area contributed by atoms with Crippen LogP contribution >= 0.6 is 23.4 Å². The normalized spacial score (nSPS) is 12.8. The van der Waals surface area contributed by atoms with Gasteiger partial charge in [-0.3, -0.25) is 0 Å². The van der Waals surface area contributed by atoms with E-state index in [1.807, 2.05) is 12.1 Å². The lowest BCUT2D eigenvalue weighted by Crippen LogP contribution is -2.12. The van der Waals surface area contributed by atoms with Crippen LogP contribution in [0.3, 0.4) is 0 Å². The molecule has 0 aliphatic heterocycles. The van der Waals surface area contributed by atoms with Gasteiger partial charge in [-0.15, -0.1) is 0 Å². The van der Waals surface area contributed by atoms with Crippen LogP contribution in [0.15, 0.2) is 18.3 Å². The van der Waals surface area contributed by atoms with Gasteiger partial charge in [-0.25, -0.2) is 4.98 Å². The molecular weight excluding hydrogens is 204 g/mol. The molecule has 13 heavy (non-hydrogen) atoms. The Morgan fingerprint density at radius 2 is 2.46 bits per heavy atom. The second kappa shape index (κ2) is 5.47. The number of pyridine rings is 1. The molecule has 4 heteroatoms. The standard InChI is InChI=1S/C9H13ClN2S/c1-7(5-11)13-6-8-3-2-4-12-9(8)10/h2-4,7H,5-6,11H2,1H3. The van der Waals surface area contributed by atoms with E-state index in [0.29, 0.717) is 16.9 Å². The van der Waals surface area contributed by atoms with Crippen LogP contribution in [-0.2, 0) is 5.75 Å². The van der Waals surface area contributed by atoms with Crippen LogP contribution in [0, 0.1) is 0 Å². The van der Waals surface area contributed by atoms with E-state index in [9.17, 15) is 0 Å². The Balaban J connectivity index is 2.50. The van der Waals surface area contributed by atoms with Gasteiger partial charge in [0.15, 0.2) is 0 Å². The Kier molecular flexibility index (Phi) is 4.56. The van der Waals surface area contributed by atoms with E-state index in [4.69, 9.17) is 17.3 Å². The minimum atomic E-state index is 0.469. The molecule has 1 atom stereocenters. The first-order chi connectivity index (χ1) is 6.24. The molecule has 1 unspecified atom stereocenters. The van der Waals surface area contributed by atoms with Gasteiger partial charge in [-0.05, 0) is 11.6 Å². The summed E-state index contributed by atoms with van der Waals surface area (Å²) in [5, 5.41) is 1.07. The fourth-order valence-corrected chi connectivity index (χ4v) is 1.93. The maximum atomic E-state index is 5.90. The van der Waals surface area contributed by atoms with E-state index in [-0.39, 0.29) is 0 Å². The lowest BCUT2D eigenvalue weighted by Gasteiger charge is -2.08. The molecule has 0 saturated carbocycles. The summed E-state index contributed by atoms with van der Waals surface area (Å²) >= 11 is 7.69. The van der Waals surface area contributed by atoms with Crippen molar-refractivity contribution in [1.82, 2.24) is 4.98 Å². The van der Waals surface area contributed by atoms with Crippen LogP contribution < -0.4 is 5.73 Å². The number of hydrogen-bond donors (Lipinski definition) is 1. The van der Waals surface area contributed by atoms with Crippen molar-refractivity contribution in [2.24, 2.45) is 5.73 Å². The zero-order valence-corrected chi connectivity index (χ0v) is 9.11. The number of hydrogen-bond acceptors (Lipinski definition) is 3. The van der Waals surface area contributed by atoms with E-state index in [2.05, 4.69) is 11.9 Å². The van der Waals surface area contributed by atoms with E-state index < -0.39 is 0 Å². The van der Waals surface area contributed by atoms with Crippen molar-refractivity contribution in [1.29, 1.82) is 0 Å². The van der Waals surface area contributed by atoms with Gasteiger partial charge in [0.25, 0.3) is 0 Å². The number of thioether (sulfide) groups is 1. The van der Waals surface area contributed by atoms with Crippen LogP contribution in [0.25, 0.3) is 0 Å². The third-order valence-corrected chi connectivity index (χ3v) is 3.27. The summed E-state index contributed by atoms with van der Waals surface area (Å²) in [7, 11) is 0. The molecule has 0 bridgehead atoms. The van der Waals surface area contributed by atoms with Crippen LogP contribution in [-0.4, -0.2) is 16.8 Å². The molecule has 2 N–H and O–H groups in total. The molecule has 0 spiro atoms. The van der Waals surface area contributed by atoms with Crippen LogP contribution in [0.5, 0.6) is 0 Å². The maximum Gasteiger partial charge on any atom is 0.133 e. The van der Waals surface area contributed by atoms with E-state index in [1.165, 1.54) is 0 Å². The second-order valence-corrected chi connectivity index (χ2v) is 4.60. The predicted molar refractivity (Wildman–Crippen MR) is 59.1 cm³/mol. The molecule has 1 rings (SSSR count). The molecule has 0 amide bonds. The van der Waals surface area contributed by atoms with Crippen molar-refractivity contribution in [3.63, 3.8) is 0 Å².